The number of halogens is 1. The van der Waals surface area contributed by atoms with E-state index in [0.717, 1.165) is 12.8 Å². The van der Waals surface area contributed by atoms with Gasteiger partial charge in [0.1, 0.15) is 11.6 Å². The fourth-order valence-corrected chi connectivity index (χ4v) is 3.63. The SMILES string of the molecule is C[C@]12CCC(=O)C[C@H]1CCC(=O)[C@H]2Br. The van der Waals surface area contributed by atoms with Crippen molar-refractivity contribution in [3.63, 3.8) is 0 Å². The minimum atomic E-state index is -0.0261. The largest absolute Gasteiger partial charge is 0.300 e. The molecular formula is C11H15BrO2. The molecule has 0 heterocycles. The van der Waals surface area contributed by atoms with Gasteiger partial charge in [0.05, 0.1) is 4.83 Å². The average molecular weight is 259 g/mol. The van der Waals surface area contributed by atoms with Crippen molar-refractivity contribution < 1.29 is 9.59 Å². The highest BCUT2D eigenvalue weighted by molar-refractivity contribution is 9.10. The Hall–Kier alpha value is -0.180. The fourth-order valence-electron chi connectivity index (χ4n) is 2.80. The first kappa shape index (κ1) is 10.3. The van der Waals surface area contributed by atoms with Crippen molar-refractivity contribution in [3.05, 3.63) is 0 Å². The summed E-state index contributed by atoms with van der Waals surface area (Å²) in [6, 6.07) is 0. The van der Waals surface area contributed by atoms with Crippen LogP contribution in [0.15, 0.2) is 0 Å². The number of rotatable bonds is 0. The molecule has 0 saturated heterocycles. The lowest BCUT2D eigenvalue weighted by atomic mass is 9.60. The van der Waals surface area contributed by atoms with Gasteiger partial charge in [-0.1, -0.05) is 22.9 Å². The molecule has 2 rings (SSSR count). The Kier molecular flexibility index (Phi) is 2.54. The Balaban J connectivity index is 2.24. The molecule has 0 radical (unpaired) electrons. The van der Waals surface area contributed by atoms with Crippen LogP contribution in [0, 0.1) is 11.3 Å². The maximum absolute atomic E-state index is 11.6. The van der Waals surface area contributed by atoms with Gasteiger partial charge in [0.2, 0.25) is 0 Å². The van der Waals surface area contributed by atoms with Crippen LogP contribution in [0.1, 0.15) is 39.0 Å². The van der Waals surface area contributed by atoms with Gasteiger partial charge in [0.15, 0.2) is 0 Å². The van der Waals surface area contributed by atoms with Gasteiger partial charge >= 0.3 is 0 Å². The molecule has 0 aromatic rings. The average Bonchev–Trinajstić information content (AvgIpc) is 2.16. The molecule has 78 valence electrons. The summed E-state index contributed by atoms with van der Waals surface area (Å²) in [5.74, 6) is 1.12. The van der Waals surface area contributed by atoms with Crippen LogP contribution in [0.5, 0.6) is 0 Å². The number of carbonyl (C=O) groups excluding carboxylic acids is 2. The first-order chi connectivity index (χ1) is 6.54. The Morgan fingerprint density at radius 3 is 2.79 bits per heavy atom. The van der Waals surface area contributed by atoms with Gasteiger partial charge in [0.25, 0.3) is 0 Å². The Labute approximate surface area is 92.6 Å². The number of alkyl halides is 1. The van der Waals surface area contributed by atoms with E-state index in [0.29, 0.717) is 36.7 Å². The molecule has 2 saturated carbocycles. The fraction of sp³-hybridized carbons (Fsp3) is 0.818. The Morgan fingerprint density at radius 1 is 1.36 bits per heavy atom. The zero-order valence-electron chi connectivity index (χ0n) is 8.38. The molecule has 0 aromatic heterocycles. The maximum atomic E-state index is 11.6. The van der Waals surface area contributed by atoms with Crippen LogP contribution in [0.4, 0.5) is 0 Å². The molecule has 0 unspecified atom stereocenters. The lowest BCUT2D eigenvalue weighted by molar-refractivity contribution is -0.132. The summed E-state index contributed by atoms with van der Waals surface area (Å²) in [5, 5.41) is 0. The predicted octanol–water partition coefficient (Wildman–Crippen LogP) is 2.49. The van der Waals surface area contributed by atoms with E-state index in [1.165, 1.54) is 0 Å². The Morgan fingerprint density at radius 2 is 2.07 bits per heavy atom. The van der Waals surface area contributed by atoms with Gasteiger partial charge in [0, 0.05) is 19.3 Å². The number of Topliss-reactive ketones (excluding diaryl/α,β-unsaturated/α-hetero) is 2. The summed E-state index contributed by atoms with van der Waals surface area (Å²) >= 11 is 3.51. The van der Waals surface area contributed by atoms with Crippen molar-refractivity contribution in [3.8, 4) is 0 Å². The molecule has 0 amide bonds. The second kappa shape index (κ2) is 3.44. The van der Waals surface area contributed by atoms with E-state index >= 15 is 0 Å². The van der Waals surface area contributed by atoms with Gasteiger partial charge in [-0.3, -0.25) is 9.59 Å². The van der Waals surface area contributed by atoms with Crippen LogP contribution in [-0.2, 0) is 9.59 Å². The van der Waals surface area contributed by atoms with Crippen molar-refractivity contribution in [2.45, 2.75) is 43.9 Å². The van der Waals surface area contributed by atoms with Crippen LogP contribution >= 0.6 is 15.9 Å². The van der Waals surface area contributed by atoms with Crippen LogP contribution in [0.3, 0.4) is 0 Å². The third-order valence-corrected chi connectivity index (χ3v) is 5.51. The van der Waals surface area contributed by atoms with Crippen LogP contribution in [0.2, 0.25) is 0 Å². The molecule has 2 nitrogen and oxygen atoms in total. The van der Waals surface area contributed by atoms with E-state index < -0.39 is 0 Å². The molecule has 0 aliphatic heterocycles. The number of ketones is 2. The van der Waals surface area contributed by atoms with E-state index in [9.17, 15) is 9.59 Å². The van der Waals surface area contributed by atoms with E-state index in [2.05, 4.69) is 22.9 Å². The predicted molar refractivity (Wildman–Crippen MR) is 57.4 cm³/mol. The first-order valence-electron chi connectivity index (χ1n) is 5.22. The van der Waals surface area contributed by atoms with Crippen LogP contribution < -0.4 is 0 Å². The minimum absolute atomic E-state index is 0.0261. The molecule has 2 fully saturated rings. The summed E-state index contributed by atoms with van der Waals surface area (Å²) in [6.45, 7) is 2.15. The monoisotopic (exact) mass is 258 g/mol. The normalized spacial score (nSPS) is 43.6. The summed E-state index contributed by atoms with van der Waals surface area (Å²) in [4.78, 5) is 22.9. The van der Waals surface area contributed by atoms with Gasteiger partial charge in [-0.25, -0.2) is 0 Å². The summed E-state index contributed by atoms with van der Waals surface area (Å²) in [7, 11) is 0. The highest BCUT2D eigenvalue weighted by atomic mass is 79.9. The van der Waals surface area contributed by atoms with Gasteiger partial charge in [-0.2, -0.15) is 0 Å². The van der Waals surface area contributed by atoms with Crippen molar-refractivity contribution in [2.75, 3.05) is 0 Å². The first-order valence-corrected chi connectivity index (χ1v) is 6.14. The quantitative estimate of drug-likeness (QED) is 0.626. The molecule has 14 heavy (non-hydrogen) atoms. The second-order valence-electron chi connectivity index (χ2n) is 4.81. The third-order valence-electron chi connectivity index (χ3n) is 3.95. The second-order valence-corrected chi connectivity index (χ2v) is 5.73. The molecule has 0 aromatic carbocycles. The van der Waals surface area contributed by atoms with Gasteiger partial charge < -0.3 is 0 Å². The number of hydrogen-bond donors (Lipinski definition) is 0. The zero-order valence-corrected chi connectivity index (χ0v) is 9.97. The van der Waals surface area contributed by atoms with Crippen molar-refractivity contribution in [1.82, 2.24) is 0 Å². The topological polar surface area (TPSA) is 34.1 Å². The molecule has 0 N–H and O–H groups in total. The highest BCUT2D eigenvalue weighted by Crippen LogP contribution is 2.50. The molecule has 2 aliphatic carbocycles. The molecule has 0 spiro atoms. The summed E-state index contributed by atoms with van der Waals surface area (Å²) < 4.78 is 0. The third kappa shape index (κ3) is 1.46. The lowest BCUT2D eigenvalue weighted by Gasteiger charge is -2.47. The van der Waals surface area contributed by atoms with E-state index in [1.54, 1.807) is 0 Å². The smallest absolute Gasteiger partial charge is 0.147 e. The number of carbonyl (C=O) groups is 2. The van der Waals surface area contributed by atoms with E-state index in [4.69, 9.17) is 0 Å². The summed E-state index contributed by atoms with van der Waals surface area (Å²) in [6.07, 6.45) is 3.76. The Bertz CT molecular complexity index is 287. The minimum Gasteiger partial charge on any atom is -0.300 e. The molecule has 0 bridgehead atoms. The van der Waals surface area contributed by atoms with E-state index in [1.807, 2.05) is 0 Å². The molecule has 2 aliphatic rings. The van der Waals surface area contributed by atoms with Crippen molar-refractivity contribution >= 4 is 27.5 Å². The van der Waals surface area contributed by atoms with Crippen molar-refractivity contribution in [2.24, 2.45) is 11.3 Å². The van der Waals surface area contributed by atoms with E-state index in [-0.39, 0.29) is 10.2 Å². The standard InChI is InChI=1S/C11H15BrO2/c1-11-5-4-8(13)6-7(11)2-3-9(14)10(11)12/h7,10H,2-6H2,1H3/t7-,10-,11+/m1/s1. The maximum Gasteiger partial charge on any atom is 0.147 e. The molecule has 3 heteroatoms. The van der Waals surface area contributed by atoms with Crippen LogP contribution in [0.25, 0.3) is 0 Å². The zero-order chi connectivity index (χ0) is 10.3. The highest BCUT2D eigenvalue weighted by Gasteiger charge is 2.49. The number of fused-ring (bicyclic) bond motifs is 1. The molecular weight excluding hydrogens is 244 g/mol. The summed E-state index contributed by atoms with van der Waals surface area (Å²) in [5.41, 5.74) is 0.0310. The van der Waals surface area contributed by atoms with Crippen LogP contribution in [-0.4, -0.2) is 16.4 Å². The van der Waals surface area contributed by atoms with Gasteiger partial charge in [-0.15, -0.1) is 0 Å². The van der Waals surface area contributed by atoms with Crippen molar-refractivity contribution in [1.29, 1.82) is 0 Å². The van der Waals surface area contributed by atoms with Gasteiger partial charge in [-0.05, 0) is 24.2 Å². The molecule has 3 atom stereocenters. The lowest BCUT2D eigenvalue weighted by Crippen LogP contribution is -2.48. The number of hydrogen-bond acceptors (Lipinski definition) is 2.